The molecule has 3 nitrogen and oxygen atoms in total. The van der Waals surface area contributed by atoms with Crippen molar-refractivity contribution in [3.63, 3.8) is 0 Å². The van der Waals surface area contributed by atoms with E-state index in [1.54, 1.807) is 0 Å². The summed E-state index contributed by atoms with van der Waals surface area (Å²) in [5, 5.41) is 3.10. The number of nitrogens with one attached hydrogen (secondary N) is 1. The molecular weight excluding hydrogens is 248 g/mol. The number of halogens is 1. The van der Waals surface area contributed by atoms with Crippen LogP contribution < -0.4 is 11.1 Å². The Labute approximate surface area is 119 Å². The second kappa shape index (κ2) is 8.76. The number of hydrogen-bond donors (Lipinski definition) is 2. The molecule has 0 fully saturated rings. The van der Waals surface area contributed by atoms with Crippen LogP contribution in [-0.2, 0) is 4.79 Å². The van der Waals surface area contributed by atoms with E-state index in [4.69, 9.17) is 5.73 Å². The lowest BCUT2D eigenvalue weighted by Crippen LogP contribution is -2.52. The molecule has 0 aliphatic heterocycles. The third kappa shape index (κ3) is 7.93. The molecule has 0 aliphatic rings. The topological polar surface area (TPSA) is 55.1 Å². The van der Waals surface area contributed by atoms with E-state index in [2.05, 4.69) is 39.9 Å². The molecule has 0 saturated heterocycles. The fourth-order valence-corrected chi connectivity index (χ4v) is 1.90. The first-order chi connectivity index (χ1) is 7.78. The van der Waals surface area contributed by atoms with Crippen molar-refractivity contribution in [1.29, 1.82) is 0 Å². The number of amides is 1. The van der Waals surface area contributed by atoms with Gasteiger partial charge in [-0.05, 0) is 31.1 Å². The summed E-state index contributed by atoms with van der Waals surface area (Å²) in [5.41, 5.74) is 5.87. The number of hydrogen-bond acceptors (Lipinski definition) is 2. The maximum Gasteiger partial charge on any atom is 0.220 e. The van der Waals surface area contributed by atoms with Crippen LogP contribution in [0, 0.1) is 5.41 Å². The van der Waals surface area contributed by atoms with Gasteiger partial charge < -0.3 is 11.1 Å². The van der Waals surface area contributed by atoms with Gasteiger partial charge in [0.25, 0.3) is 0 Å². The molecule has 0 spiro atoms. The average molecular weight is 279 g/mol. The van der Waals surface area contributed by atoms with Crippen molar-refractivity contribution in [3.05, 3.63) is 0 Å². The van der Waals surface area contributed by atoms with Crippen LogP contribution in [0.2, 0.25) is 0 Å². The zero-order valence-electron chi connectivity index (χ0n) is 12.6. The van der Waals surface area contributed by atoms with E-state index in [9.17, 15) is 4.79 Å². The molecule has 0 aromatic rings. The van der Waals surface area contributed by atoms with Gasteiger partial charge in [0, 0.05) is 13.0 Å². The molecule has 0 rings (SSSR count). The Balaban J connectivity index is 0. The Hall–Kier alpha value is -0.280. The summed E-state index contributed by atoms with van der Waals surface area (Å²) in [6.45, 7) is 11.3. The van der Waals surface area contributed by atoms with Gasteiger partial charge in [-0.25, -0.2) is 0 Å². The summed E-state index contributed by atoms with van der Waals surface area (Å²) in [4.78, 5) is 11.9. The molecule has 4 heteroatoms. The highest BCUT2D eigenvalue weighted by Gasteiger charge is 2.26. The van der Waals surface area contributed by atoms with E-state index in [0.717, 1.165) is 25.7 Å². The quantitative estimate of drug-likeness (QED) is 0.751. The molecule has 0 radical (unpaired) electrons. The first-order valence-corrected chi connectivity index (χ1v) is 6.79. The van der Waals surface area contributed by atoms with E-state index in [1.165, 1.54) is 0 Å². The van der Waals surface area contributed by atoms with Crippen molar-refractivity contribution in [3.8, 4) is 0 Å². The molecule has 0 heterocycles. The molecule has 0 saturated carbocycles. The normalized spacial score (nSPS) is 11.9. The summed E-state index contributed by atoms with van der Waals surface area (Å²) in [5.74, 6) is 0.142. The van der Waals surface area contributed by atoms with Gasteiger partial charge in [0.1, 0.15) is 0 Å². The SMILES string of the molecule is CCC(CC)(CN)NC(=O)CCCC(C)(C)C.Cl. The first-order valence-electron chi connectivity index (χ1n) is 6.79. The lowest BCUT2D eigenvalue weighted by molar-refractivity contribution is -0.123. The lowest BCUT2D eigenvalue weighted by Gasteiger charge is -2.31. The van der Waals surface area contributed by atoms with Crippen LogP contribution in [0.5, 0.6) is 0 Å². The lowest BCUT2D eigenvalue weighted by atomic mass is 9.89. The van der Waals surface area contributed by atoms with Gasteiger partial charge in [0.2, 0.25) is 5.91 Å². The van der Waals surface area contributed by atoms with Crippen LogP contribution in [0.25, 0.3) is 0 Å². The van der Waals surface area contributed by atoms with Crippen molar-refractivity contribution in [1.82, 2.24) is 5.32 Å². The Morgan fingerprint density at radius 1 is 1.17 bits per heavy atom. The van der Waals surface area contributed by atoms with Gasteiger partial charge >= 0.3 is 0 Å². The number of rotatable bonds is 7. The molecule has 0 unspecified atom stereocenters. The van der Waals surface area contributed by atoms with Crippen molar-refractivity contribution in [2.45, 2.75) is 72.3 Å². The molecule has 0 bridgehead atoms. The van der Waals surface area contributed by atoms with Gasteiger partial charge in [-0.2, -0.15) is 0 Å². The van der Waals surface area contributed by atoms with E-state index >= 15 is 0 Å². The molecule has 0 atom stereocenters. The van der Waals surface area contributed by atoms with Gasteiger partial charge in [-0.3, -0.25) is 4.79 Å². The smallest absolute Gasteiger partial charge is 0.220 e. The fraction of sp³-hybridized carbons (Fsp3) is 0.929. The van der Waals surface area contributed by atoms with E-state index < -0.39 is 0 Å². The summed E-state index contributed by atoms with van der Waals surface area (Å²) in [6.07, 6.45) is 4.42. The monoisotopic (exact) mass is 278 g/mol. The zero-order chi connectivity index (χ0) is 13.5. The van der Waals surface area contributed by atoms with Crippen LogP contribution in [0.15, 0.2) is 0 Å². The van der Waals surface area contributed by atoms with E-state index in [0.29, 0.717) is 18.4 Å². The maximum absolute atomic E-state index is 11.9. The average Bonchev–Trinajstić information content (AvgIpc) is 2.24. The van der Waals surface area contributed by atoms with Gasteiger partial charge in [-0.15, -0.1) is 12.4 Å². The highest BCUT2D eigenvalue weighted by atomic mass is 35.5. The van der Waals surface area contributed by atoms with Crippen LogP contribution in [0.1, 0.15) is 66.7 Å². The molecular formula is C14H31ClN2O. The second-order valence-electron chi connectivity index (χ2n) is 6.15. The van der Waals surface area contributed by atoms with Crippen molar-refractivity contribution < 1.29 is 4.79 Å². The molecule has 0 aromatic heterocycles. The summed E-state index contributed by atoms with van der Waals surface area (Å²) < 4.78 is 0. The predicted molar refractivity (Wildman–Crippen MR) is 81.1 cm³/mol. The third-order valence-corrected chi connectivity index (χ3v) is 3.48. The highest BCUT2D eigenvalue weighted by Crippen LogP contribution is 2.21. The standard InChI is InChI=1S/C14H30N2O.ClH/c1-6-14(7-2,11-15)16-12(17)9-8-10-13(3,4)5;/h6-11,15H2,1-5H3,(H,16,17);1H. The fourth-order valence-electron chi connectivity index (χ4n) is 1.90. The highest BCUT2D eigenvalue weighted by molar-refractivity contribution is 5.85. The minimum absolute atomic E-state index is 0. The molecule has 0 aromatic carbocycles. The summed E-state index contributed by atoms with van der Waals surface area (Å²) >= 11 is 0. The van der Waals surface area contributed by atoms with Gasteiger partial charge in [0.05, 0.1) is 5.54 Å². The molecule has 1 amide bonds. The van der Waals surface area contributed by atoms with Gasteiger partial charge in [0.15, 0.2) is 0 Å². The van der Waals surface area contributed by atoms with Crippen molar-refractivity contribution in [2.75, 3.05) is 6.54 Å². The molecule has 0 aliphatic carbocycles. The Morgan fingerprint density at radius 3 is 2.00 bits per heavy atom. The zero-order valence-corrected chi connectivity index (χ0v) is 13.5. The predicted octanol–water partition coefficient (Wildman–Crippen LogP) is 3.26. The molecule has 3 N–H and O–H groups in total. The largest absolute Gasteiger partial charge is 0.349 e. The molecule has 18 heavy (non-hydrogen) atoms. The van der Waals surface area contributed by atoms with Gasteiger partial charge in [-0.1, -0.05) is 34.6 Å². The Bertz CT molecular complexity index is 224. The number of carbonyl (C=O) groups excluding carboxylic acids is 1. The number of nitrogens with two attached hydrogens (primary N) is 1. The van der Waals surface area contributed by atoms with E-state index in [1.807, 2.05) is 0 Å². The number of carbonyl (C=O) groups is 1. The van der Waals surface area contributed by atoms with Crippen molar-refractivity contribution in [2.24, 2.45) is 11.1 Å². The third-order valence-electron chi connectivity index (χ3n) is 3.48. The second-order valence-corrected chi connectivity index (χ2v) is 6.15. The van der Waals surface area contributed by atoms with Crippen molar-refractivity contribution >= 4 is 18.3 Å². The summed E-state index contributed by atoms with van der Waals surface area (Å²) in [6, 6.07) is 0. The summed E-state index contributed by atoms with van der Waals surface area (Å²) in [7, 11) is 0. The minimum atomic E-state index is -0.196. The van der Waals surface area contributed by atoms with Crippen LogP contribution in [-0.4, -0.2) is 18.0 Å². The van der Waals surface area contributed by atoms with E-state index in [-0.39, 0.29) is 23.9 Å². The van der Waals surface area contributed by atoms with Crippen LogP contribution in [0.3, 0.4) is 0 Å². The van der Waals surface area contributed by atoms with Crippen LogP contribution >= 0.6 is 12.4 Å². The minimum Gasteiger partial charge on any atom is -0.349 e. The Morgan fingerprint density at radius 2 is 1.67 bits per heavy atom. The molecule has 110 valence electrons. The van der Waals surface area contributed by atoms with Crippen LogP contribution in [0.4, 0.5) is 0 Å². The maximum atomic E-state index is 11.9. The Kier molecular flexibility index (Phi) is 9.75. The first kappa shape index (κ1) is 20.0.